The van der Waals surface area contributed by atoms with Crippen molar-refractivity contribution in [3.8, 4) is 5.69 Å². The summed E-state index contributed by atoms with van der Waals surface area (Å²) in [6.45, 7) is 4.02. The Morgan fingerprint density at radius 3 is 2.68 bits per heavy atom. The van der Waals surface area contributed by atoms with E-state index in [1.165, 1.54) is 0 Å². The van der Waals surface area contributed by atoms with E-state index in [9.17, 15) is 8.42 Å². The molecule has 0 atom stereocenters. The lowest BCUT2D eigenvalue weighted by atomic mass is 10.1. The topological polar surface area (TPSA) is 81.0 Å². The third kappa shape index (κ3) is 3.67. The van der Waals surface area contributed by atoms with Crippen LogP contribution in [-0.2, 0) is 29.3 Å². The Morgan fingerprint density at radius 2 is 1.96 bits per heavy atom. The van der Waals surface area contributed by atoms with E-state index in [2.05, 4.69) is 20.0 Å². The average molecular weight is 418 g/mol. The molecule has 9 heteroatoms. The Morgan fingerprint density at radius 1 is 1.21 bits per heavy atom. The highest BCUT2D eigenvalue weighted by Crippen LogP contribution is 2.27. The zero-order chi connectivity index (χ0) is 19.9. The number of aryl methyl sites for hydroxylation is 1. The van der Waals surface area contributed by atoms with Gasteiger partial charge in [-0.05, 0) is 19.1 Å². The van der Waals surface area contributed by atoms with Crippen LogP contribution in [-0.4, -0.2) is 45.9 Å². The van der Waals surface area contributed by atoms with Crippen LogP contribution in [0.1, 0.15) is 22.5 Å². The summed E-state index contributed by atoms with van der Waals surface area (Å²) in [5.41, 5.74) is 4.55. The first kappa shape index (κ1) is 19.0. The van der Waals surface area contributed by atoms with Crippen molar-refractivity contribution in [1.82, 2.24) is 24.6 Å². The fourth-order valence-corrected chi connectivity index (χ4v) is 4.20. The SMILES string of the molecule is Cc1nn(-c2ccccc2)c(Cl)c1CN1CCc2nc(S(C)(=O)=O)ncc2C1. The minimum Gasteiger partial charge on any atom is -0.294 e. The molecule has 4 rings (SSSR count). The van der Waals surface area contributed by atoms with Gasteiger partial charge < -0.3 is 0 Å². The summed E-state index contributed by atoms with van der Waals surface area (Å²) in [4.78, 5) is 10.5. The van der Waals surface area contributed by atoms with Gasteiger partial charge in [0.15, 0.2) is 0 Å². The minimum atomic E-state index is -3.40. The van der Waals surface area contributed by atoms with Gasteiger partial charge in [-0.3, -0.25) is 4.90 Å². The molecular formula is C19H20ClN5O2S. The van der Waals surface area contributed by atoms with E-state index >= 15 is 0 Å². The van der Waals surface area contributed by atoms with Crippen LogP contribution in [0.5, 0.6) is 0 Å². The van der Waals surface area contributed by atoms with Gasteiger partial charge in [0.2, 0.25) is 15.0 Å². The number of para-hydroxylation sites is 1. The summed E-state index contributed by atoms with van der Waals surface area (Å²) in [5.74, 6) is 0. The number of nitrogens with zero attached hydrogens (tertiary/aromatic N) is 5. The average Bonchev–Trinajstić information content (AvgIpc) is 2.96. The molecule has 1 aliphatic heterocycles. The Labute approximate surface area is 168 Å². The number of benzene rings is 1. The highest BCUT2D eigenvalue weighted by atomic mass is 35.5. The number of hydrogen-bond donors (Lipinski definition) is 0. The van der Waals surface area contributed by atoms with Gasteiger partial charge in [0.05, 0.1) is 17.1 Å². The summed E-state index contributed by atoms with van der Waals surface area (Å²) < 4.78 is 25.1. The molecule has 2 aromatic heterocycles. The van der Waals surface area contributed by atoms with E-state index in [4.69, 9.17) is 11.6 Å². The smallest absolute Gasteiger partial charge is 0.246 e. The van der Waals surface area contributed by atoms with Crippen LogP contribution in [0.2, 0.25) is 5.15 Å². The molecule has 3 heterocycles. The zero-order valence-corrected chi connectivity index (χ0v) is 17.2. The van der Waals surface area contributed by atoms with Crippen LogP contribution in [0.15, 0.2) is 41.7 Å². The van der Waals surface area contributed by atoms with Crippen LogP contribution in [0.4, 0.5) is 0 Å². The number of halogens is 1. The van der Waals surface area contributed by atoms with E-state index in [1.54, 1.807) is 10.9 Å². The molecule has 0 unspecified atom stereocenters. The van der Waals surface area contributed by atoms with Gasteiger partial charge in [0.25, 0.3) is 0 Å². The zero-order valence-electron chi connectivity index (χ0n) is 15.6. The van der Waals surface area contributed by atoms with Gasteiger partial charge >= 0.3 is 0 Å². The van der Waals surface area contributed by atoms with Gasteiger partial charge in [-0.15, -0.1) is 0 Å². The maximum Gasteiger partial charge on any atom is 0.246 e. The molecule has 28 heavy (non-hydrogen) atoms. The van der Waals surface area contributed by atoms with E-state index in [-0.39, 0.29) is 5.16 Å². The molecule has 0 radical (unpaired) electrons. The molecular weight excluding hydrogens is 398 g/mol. The van der Waals surface area contributed by atoms with Gasteiger partial charge in [0, 0.05) is 49.6 Å². The van der Waals surface area contributed by atoms with Gasteiger partial charge in [-0.2, -0.15) is 5.10 Å². The van der Waals surface area contributed by atoms with Crippen LogP contribution < -0.4 is 0 Å². The van der Waals surface area contributed by atoms with Crippen molar-refractivity contribution in [3.63, 3.8) is 0 Å². The monoisotopic (exact) mass is 417 g/mol. The Kier molecular flexibility index (Phi) is 4.95. The molecule has 0 aliphatic carbocycles. The summed E-state index contributed by atoms with van der Waals surface area (Å²) in [6, 6.07) is 9.80. The minimum absolute atomic E-state index is 0.109. The molecule has 0 N–H and O–H groups in total. The van der Waals surface area contributed by atoms with Gasteiger partial charge in [0.1, 0.15) is 5.15 Å². The summed E-state index contributed by atoms with van der Waals surface area (Å²) >= 11 is 6.64. The quantitative estimate of drug-likeness (QED) is 0.607. The Hall–Kier alpha value is -2.29. The van der Waals surface area contributed by atoms with Crippen LogP contribution in [0.3, 0.4) is 0 Å². The lowest BCUT2D eigenvalue weighted by Gasteiger charge is -2.27. The number of sulfone groups is 1. The normalized spacial score (nSPS) is 14.8. The van der Waals surface area contributed by atoms with Crippen molar-refractivity contribution in [1.29, 1.82) is 0 Å². The second kappa shape index (κ2) is 7.27. The first-order valence-corrected chi connectivity index (χ1v) is 11.2. The van der Waals surface area contributed by atoms with Crippen molar-refractivity contribution >= 4 is 21.4 Å². The van der Waals surface area contributed by atoms with Gasteiger partial charge in [-0.25, -0.2) is 23.1 Å². The molecule has 1 aromatic carbocycles. The van der Waals surface area contributed by atoms with Crippen molar-refractivity contribution < 1.29 is 8.42 Å². The predicted molar refractivity (Wildman–Crippen MR) is 106 cm³/mol. The molecule has 7 nitrogen and oxygen atoms in total. The standard InChI is InChI=1S/C19H20ClN5O2S/c1-13-16(18(20)25(23-13)15-6-4-3-5-7-15)12-24-9-8-17-14(11-24)10-21-19(22-17)28(2,26)27/h3-7,10H,8-9,11-12H2,1-2H3. The van der Waals surface area contributed by atoms with Crippen LogP contribution in [0.25, 0.3) is 5.69 Å². The van der Waals surface area contributed by atoms with Gasteiger partial charge in [-0.1, -0.05) is 29.8 Å². The summed E-state index contributed by atoms with van der Waals surface area (Å²) in [6.07, 6.45) is 3.41. The lowest BCUT2D eigenvalue weighted by molar-refractivity contribution is 0.241. The van der Waals surface area contributed by atoms with Crippen molar-refractivity contribution in [2.75, 3.05) is 12.8 Å². The lowest BCUT2D eigenvalue weighted by Crippen LogP contribution is -2.31. The van der Waals surface area contributed by atoms with Crippen molar-refractivity contribution in [2.45, 2.75) is 31.6 Å². The van der Waals surface area contributed by atoms with E-state index in [1.807, 2.05) is 37.3 Å². The highest BCUT2D eigenvalue weighted by molar-refractivity contribution is 7.90. The summed E-state index contributed by atoms with van der Waals surface area (Å²) in [5, 5.41) is 5.10. The van der Waals surface area contributed by atoms with Crippen molar-refractivity contribution in [3.05, 3.63) is 64.2 Å². The Balaban J connectivity index is 1.56. The maximum absolute atomic E-state index is 11.7. The highest BCUT2D eigenvalue weighted by Gasteiger charge is 2.23. The molecule has 0 saturated carbocycles. The third-order valence-electron chi connectivity index (χ3n) is 4.83. The Bertz CT molecular complexity index is 1130. The van der Waals surface area contributed by atoms with Crippen LogP contribution >= 0.6 is 11.6 Å². The second-order valence-electron chi connectivity index (χ2n) is 6.96. The van der Waals surface area contributed by atoms with E-state index in [0.717, 1.165) is 41.0 Å². The number of aromatic nitrogens is 4. The first-order valence-electron chi connectivity index (χ1n) is 8.89. The molecule has 0 fully saturated rings. The molecule has 1 aliphatic rings. The molecule has 3 aromatic rings. The van der Waals surface area contributed by atoms with Crippen molar-refractivity contribution in [2.24, 2.45) is 0 Å². The van der Waals surface area contributed by atoms with Crippen LogP contribution in [0, 0.1) is 6.92 Å². The summed E-state index contributed by atoms with van der Waals surface area (Å²) in [7, 11) is -3.40. The first-order chi connectivity index (χ1) is 13.3. The largest absolute Gasteiger partial charge is 0.294 e. The number of fused-ring (bicyclic) bond motifs is 1. The fourth-order valence-electron chi connectivity index (χ4n) is 3.34. The maximum atomic E-state index is 11.7. The molecule has 146 valence electrons. The predicted octanol–water partition coefficient (Wildman–Crippen LogP) is 2.59. The second-order valence-corrected chi connectivity index (χ2v) is 9.23. The fraction of sp³-hybridized carbons (Fsp3) is 0.316. The van der Waals surface area contributed by atoms with E-state index < -0.39 is 9.84 Å². The third-order valence-corrected chi connectivity index (χ3v) is 6.07. The molecule has 0 saturated heterocycles. The molecule has 0 bridgehead atoms. The number of rotatable bonds is 4. The number of hydrogen-bond acceptors (Lipinski definition) is 6. The molecule has 0 amide bonds. The van der Waals surface area contributed by atoms with E-state index in [0.29, 0.717) is 24.7 Å². The molecule has 0 spiro atoms.